The zero-order valence-corrected chi connectivity index (χ0v) is 6.06. The predicted molar refractivity (Wildman–Crippen MR) is 37.1 cm³/mol. The molecule has 0 atom stereocenters. The van der Waals surface area contributed by atoms with Crippen LogP contribution in [0.5, 0.6) is 0 Å². The van der Waals surface area contributed by atoms with Gasteiger partial charge in [0.15, 0.2) is 0 Å². The van der Waals surface area contributed by atoms with E-state index in [4.69, 9.17) is 34.8 Å². The molecule has 0 radical (unpaired) electrons. The van der Waals surface area contributed by atoms with E-state index in [9.17, 15) is 0 Å². The van der Waals surface area contributed by atoms with Gasteiger partial charge in [-0.15, -0.1) is 11.6 Å². The van der Waals surface area contributed by atoms with Gasteiger partial charge in [-0.25, -0.2) is 0 Å². The van der Waals surface area contributed by atoms with E-state index in [0.717, 1.165) is 0 Å². The molecule has 0 saturated heterocycles. The highest BCUT2D eigenvalue weighted by Gasteiger charge is 1.89. The van der Waals surface area contributed by atoms with Crippen LogP contribution in [0.15, 0.2) is 12.1 Å². The molecule has 1 aromatic rings. The van der Waals surface area contributed by atoms with Crippen molar-refractivity contribution in [2.24, 2.45) is 0 Å². The third-order valence-electron chi connectivity index (χ3n) is 0.795. The second-order valence-electron chi connectivity index (χ2n) is 1.34. The summed E-state index contributed by atoms with van der Waals surface area (Å²) in [4.78, 5) is 0. The standard InChI is InChI=1S/C5H2Cl3/c6-3-1-2-4(7)5(3)8/h1-2H/q-1. The lowest BCUT2D eigenvalue weighted by atomic mass is 10.7. The maximum atomic E-state index is 5.53. The third-order valence-corrected chi connectivity index (χ3v) is 2.03. The number of rotatable bonds is 0. The summed E-state index contributed by atoms with van der Waals surface area (Å²) < 4.78 is 0. The Morgan fingerprint density at radius 1 is 1.38 bits per heavy atom. The molecule has 3 heteroatoms. The fraction of sp³-hybridized carbons (Fsp3) is 0. The van der Waals surface area contributed by atoms with Gasteiger partial charge in [0.25, 0.3) is 0 Å². The minimum absolute atomic E-state index is 0.438. The maximum absolute atomic E-state index is 5.53. The minimum atomic E-state index is 0.438. The van der Waals surface area contributed by atoms with Crippen LogP contribution < -0.4 is 0 Å². The molecule has 0 amide bonds. The van der Waals surface area contributed by atoms with Crippen LogP contribution in [-0.4, -0.2) is 0 Å². The van der Waals surface area contributed by atoms with Crippen LogP contribution in [-0.2, 0) is 0 Å². The molecule has 0 N–H and O–H groups in total. The Labute approximate surface area is 62.3 Å². The Hall–Kier alpha value is 0.220. The van der Waals surface area contributed by atoms with Crippen LogP contribution in [0.2, 0.25) is 15.1 Å². The molecule has 0 aliphatic heterocycles. The van der Waals surface area contributed by atoms with E-state index in [-0.39, 0.29) is 0 Å². The zero-order chi connectivity index (χ0) is 6.15. The third kappa shape index (κ3) is 0.970. The molecule has 0 saturated carbocycles. The average molecular weight is 168 g/mol. The maximum Gasteiger partial charge on any atom is -0.0431 e. The van der Waals surface area contributed by atoms with Gasteiger partial charge in [0.1, 0.15) is 0 Å². The second-order valence-corrected chi connectivity index (χ2v) is 2.54. The van der Waals surface area contributed by atoms with E-state index in [1.54, 1.807) is 12.1 Å². The van der Waals surface area contributed by atoms with E-state index in [0.29, 0.717) is 15.1 Å². The van der Waals surface area contributed by atoms with Gasteiger partial charge in [-0.05, 0) is 5.02 Å². The monoisotopic (exact) mass is 167 g/mol. The summed E-state index contributed by atoms with van der Waals surface area (Å²) in [6.45, 7) is 0. The van der Waals surface area contributed by atoms with Gasteiger partial charge in [-0.1, -0.05) is 10.0 Å². The number of halogens is 3. The first-order valence-electron chi connectivity index (χ1n) is 1.98. The number of hydrogen-bond donors (Lipinski definition) is 0. The summed E-state index contributed by atoms with van der Waals surface area (Å²) in [6.07, 6.45) is 0. The van der Waals surface area contributed by atoms with Crippen LogP contribution in [0.4, 0.5) is 0 Å². The Morgan fingerprint density at radius 3 is 2.12 bits per heavy atom. The van der Waals surface area contributed by atoms with Crippen molar-refractivity contribution in [3.05, 3.63) is 27.2 Å². The smallest absolute Gasteiger partial charge is 0.0431 e. The van der Waals surface area contributed by atoms with Crippen molar-refractivity contribution in [3.8, 4) is 0 Å². The van der Waals surface area contributed by atoms with Gasteiger partial charge in [0.2, 0.25) is 0 Å². The van der Waals surface area contributed by atoms with Crippen molar-refractivity contribution in [2.45, 2.75) is 0 Å². The fourth-order valence-electron chi connectivity index (χ4n) is 0.407. The molecule has 8 heavy (non-hydrogen) atoms. The Morgan fingerprint density at radius 2 is 2.00 bits per heavy atom. The highest BCUT2D eigenvalue weighted by atomic mass is 35.5. The van der Waals surface area contributed by atoms with Crippen molar-refractivity contribution in [2.75, 3.05) is 0 Å². The molecule has 0 heterocycles. The Bertz CT molecular complexity index is 170. The SMILES string of the molecule is Clc1cc[c-](Cl)c1Cl. The van der Waals surface area contributed by atoms with Crippen molar-refractivity contribution in [1.29, 1.82) is 0 Å². The summed E-state index contributed by atoms with van der Waals surface area (Å²) >= 11 is 16.6. The molecule has 1 rings (SSSR count). The Kier molecular flexibility index (Phi) is 1.76. The van der Waals surface area contributed by atoms with Crippen LogP contribution >= 0.6 is 34.8 Å². The molecule has 1 aromatic carbocycles. The van der Waals surface area contributed by atoms with E-state index in [2.05, 4.69) is 0 Å². The van der Waals surface area contributed by atoms with Crippen molar-refractivity contribution < 1.29 is 0 Å². The van der Waals surface area contributed by atoms with Gasteiger partial charge in [0, 0.05) is 0 Å². The van der Waals surface area contributed by atoms with Gasteiger partial charge in [0.05, 0.1) is 0 Å². The first-order chi connectivity index (χ1) is 3.72. The van der Waals surface area contributed by atoms with Crippen molar-refractivity contribution in [3.63, 3.8) is 0 Å². The van der Waals surface area contributed by atoms with E-state index in [1.165, 1.54) is 0 Å². The van der Waals surface area contributed by atoms with E-state index >= 15 is 0 Å². The Balaban J connectivity index is 3.19. The molecule has 44 valence electrons. The van der Waals surface area contributed by atoms with Crippen LogP contribution in [0.25, 0.3) is 0 Å². The van der Waals surface area contributed by atoms with E-state index < -0.39 is 0 Å². The van der Waals surface area contributed by atoms with Crippen molar-refractivity contribution >= 4 is 34.8 Å². The second kappa shape index (κ2) is 2.22. The topological polar surface area (TPSA) is 0 Å². The molecule has 0 aliphatic carbocycles. The van der Waals surface area contributed by atoms with Gasteiger partial charge in [-0.3, -0.25) is 0 Å². The average Bonchev–Trinajstić information content (AvgIpc) is 1.98. The quantitative estimate of drug-likeness (QED) is 0.521. The van der Waals surface area contributed by atoms with Crippen LogP contribution in [0, 0.1) is 0 Å². The lowest BCUT2D eigenvalue weighted by Gasteiger charge is -1.92. The molecule has 0 aromatic heterocycles. The van der Waals surface area contributed by atoms with Gasteiger partial charge in [-0.2, -0.15) is 35.3 Å². The molecule has 0 bridgehead atoms. The summed E-state index contributed by atoms with van der Waals surface area (Å²) in [6, 6.07) is 3.32. The first-order valence-corrected chi connectivity index (χ1v) is 3.11. The van der Waals surface area contributed by atoms with Gasteiger partial charge < -0.3 is 0 Å². The molecule has 0 fully saturated rings. The molecular formula is C5H2Cl3-. The van der Waals surface area contributed by atoms with Crippen LogP contribution in [0.1, 0.15) is 0 Å². The fourth-order valence-corrected chi connectivity index (χ4v) is 0.911. The lowest BCUT2D eigenvalue weighted by Crippen LogP contribution is -1.51. The zero-order valence-electron chi connectivity index (χ0n) is 3.79. The van der Waals surface area contributed by atoms with Crippen molar-refractivity contribution in [1.82, 2.24) is 0 Å². The summed E-state index contributed by atoms with van der Waals surface area (Å²) in [5.41, 5.74) is 0. The van der Waals surface area contributed by atoms with Crippen LogP contribution in [0.3, 0.4) is 0 Å². The van der Waals surface area contributed by atoms with Gasteiger partial charge >= 0.3 is 0 Å². The summed E-state index contributed by atoms with van der Waals surface area (Å²) in [7, 11) is 0. The van der Waals surface area contributed by atoms with E-state index in [1.807, 2.05) is 0 Å². The molecule has 0 nitrogen and oxygen atoms in total. The predicted octanol–water partition coefficient (Wildman–Crippen LogP) is 3.37. The summed E-state index contributed by atoms with van der Waals surface area (Å²) in [5.74, 6) is 0. The molecule has 0 spiro atoms. The molecular weight excluding hydrogens is 166 g/mol. The normalized spacial score (nSPS) is 9.88. The minimum Gasteiger partial charge on any atom is -0.193 e. The lowest BCUT2D eigenvalue weighted by molar-refractivity contribution is 1.99. The molecule has 0 unspecified atom stereocenters. The summed E-state index contributed by atoms with van der Waals surface area (Å²) in [5, 5.41) is 1.46. The molecule has 0 aliphatic rings. The highest BCUT2D eigenvalue weighted by Crippen LogP contribution is 2.30. The largest absolute Gasteiger partial charge is 0.193 e. The number of hydrogen-bond acceptors (Lipinski definition) is 0. The first kappa shape index (κ1) is 6.34. The highest BCUT2D eigenvalue weighted by molar-refractivity contribution is 6.48.